The summed E-state index contributed by atoms with van der Waals surface area (Å²) in [5.74, 6) is 0.0758. The van der Waals surface area contributed by atoms with E-state index in [1.54, 1.807) is 12.1 Å². The largest absolute Gasteiger partial charge is 0.497 e. The van der Waals surface area contributed by atoms with Gasteiger partial charge in [0.25, 0.3) is 5.91 Å². The van der Waals surface area contributed by atoms with Crippen molar-refractivity contribution in [1.82, 2.24) is 5.32 Å². The lowest BCUT2D eigenvalue weighted by Gasteiger charge is -2.18. The first-order valence-corrected chi connectivity index (χ1v) is 7.09. The van der Waals surface area contributed by atoms with Gasteiger partial charge < -0.3 is 15.2 Å². The molecule has 2 aromatic carbocycles. The molecule has 24 heavy (non-hydrogen) atoms. The fraction of sp³-hybridized carbons (Fsp3) is 0.235. The van der Waals surface area contributed by atoms with Crippen LogP contribution in [0.1, 0.15) is 27.6 Å². The highest BCUT2D eigenvalue weighted by Crippen LogP contribution is 2.34. The van der Waals surface area contributed by atoms with Crippen molar-refractivity contribution >= 4 is 5.91 Å². The molecule has 0 heterocycles. The van der Waals surface area contributed by atoms with Crippen molar-refractivity contribution in [2.24, 2.45) is 0 Å². The van der Waals surface area contributed by atoms with Gasteiger partial charge in [0.2, 0.25) is 0 Å². The van der Waals surface area contributed by atoms with Crippen molar-refractivity contribution in [3.8, 4) is 5.75 Å². The van der Waals surface area contributed by atoms with Gasteiger partial charge in [0, 0.05) is 12.1 Å². The molecule has 0 saturated carbocycles. The Kier molecular flexibility index (Phi) is 5.46. The topological polar surface area (TPSA) is 58.6 Å². The van der Waals surface area contributed by atoms with Crippen LogP contribution in [0.15, 0.2) is 48.5 Å². The van der Waals surface area contributed by atoms with Crippen molar-refractivity contribution in [3.05, 3.63) is 65.2 Å². The van der Waals surface area contributed by atoms with Gasteiger partial charge in [0.05, 0.1) is 18.8 Å². The Bertz CT molecular complexity index is 699. The molecule has 0 bridgehead atoms. The molecule has 0 aromatic heterocycles. The molecule has 1 atom stereocenters. The van der Waals surface area contributed by atoms with E-state index in [1.807, 2.05) is 0 Å². The molecular formula is C17H16F3NO3. The first-order valence-electron chi connectivity index (χ1n) is 7.09. The van der Waals surface area contributed by atoms with E-state index >= 15 is 0 Å². The number of ether oxygens (including phenoxy) is 1. The van der Waals surface area contributed by atoms with Gasteiger partial charge >= 0.3 is 6.18 Å². The van der Waals surface area contributed by atoms with Gasteiger partial charge in [0.1, 0.15) is 5.75 Å². The van der Waals surface area contributed by atoms with E-state index in [2.05, 4.69) is 5.32 Å². The highest BCUT2D eigenvalue weighted by atomic mass is 19.4. The number of hydrogen-bond donors (Lipinski definition) is 2. The standard InChI is InChI=1S/C17H16F3NO3/c1-24-12-8-6-11(7-9-12)16(23)21-10-15(22)13-4-2-3-5-14(13)17(18,19)20/h2-9,15,22H,10H2,1H3,(H,21,23). The number of carbonyl (C=O) groups is 1. The van der Waals surface area contributed by atoms with Crippen LogP contribution in [0.4, 0.5) is 13.2 Å². The third-order valence-electron chi connectivity index (χ3n) is 3.43. The first kappa shape index (κ1) is 17.8. The van der Waals surface area contributed by atoms with Crippen molar-refractivity contribution in [1.29, 1.82) is 0 Å². The number of carbonyl (C=O) groups excluding carboxylic acids is 1. The third kappa shape index (κ3) is 4.26. The van der Waals surface area contributed by atoms with Crippen molar-refractivity contribution in [2.75, 3.05) is 13.7 Å². The molecule has 128 valence electrons. The number of hydrogen-bond acceptors (Lipinski definition) is 3. The van der Waals surface area contributed by atoms with Gasteiger partial charge in [0.15, 0.2) is 0 Å². The Labute approximate surface area is 136 Å². The van der Waals surface area contributed by atoms with Gasteiger partial charge in [-0.3, -0.25) is 4.79 Å². The fourth-order valence-corrected chi connectivity index (χ4v) is 2.19. The molecule has 2 aromatic rings. The van der Waals surface area contributed by atoms with Crippen LogP contribution in [-0.4, -0.2) is 24.7 Å². The monoisotopic (exact) mass is 339 g/mol. The van der Waals surface area contributed by atoms with Crippen molar-refractivity contribution < 1.29 is 27.8 Å². The molecule has 0 aliphatic rings. The van der Waals surface area contributed by atoms with Crippen LogP contribution in [0.2, 0.25) is 0 Å². The predicted molar refractivity (Wildman–Crippen MR) is 81.7 cm³/mol. The molecule has 0 aliphatic carbocycles. The second-order valence-corrected chi connectivity index (χ2v) is 5.04. The lowest BCUT2D eigenvalue weighted by Crippen LogP contribution is -2.29. The van der Waals surface area contributed by atoms with E-state index in [1.165, 1.54) is 37.4 Å². The summed E-state index contributed by atoms with van der Waals surface area (Å²) in [4.78, 5) is 12.0. The van der Waals surface area contributed by atoms with Crippen LogP contribution in [0.5, 0.6) is 5.75 Å². The highest BCUT2D eigenvalue weighted by Gasteiger charge is 2.34. The first-order chi connectivity index (χ1) is 11.3. The Morgan fingerprint density at radius 2 is 1.79 bits per heavy atom. The van der Waals surface area contributed by atoms with Crippen LogP contribution >= 0.6 is 0 Å². The number of amides is 1. The zero-order valence-electron chi connectivity index (χ0n) is 12.8. The molecule has 0 fully saturated rings. The summed E-state index contributed by atoms with van der Waals surface area (Å²) >= 11 is 0. The van der Waals surface area contributed by atoms with Crippen molar-refractivity contribution in [3.63, 3.8) is 0 Å². The van der Waals surface area contributed by atoms with E-state index in [9.17, 15) is 23.1 Å². The number of aliphatic hydroxyl groups is 1. The van der Waals surface area contributed by atoms with E-state index in [4.69, 9.17) is 4.74 Å². The highest BCUT2D eigenvalue weighted by molar-refractivity contribution is 5.94. The number of methoxy groups -OCH3 is 1. The molecule has 1 unspecified atom stereocenters. The molecule has 0 spiro atoms. The van der Waals surface area contributed by atoms with Gasteiger partial charge in [-0.15, -0.1) is 0 Å². The second kappa shape index (κ2) is 7.35. The molecule has 1 amide bonds. The molecule has 4 nitrogen and oxygen atoms in total. The quantitative estimate of drug-likeness (QED) is 0.880. The number of benzene rings is 2. The average Bonchev–Trinajstić information content (AvgIpc) is 2.58. The van der Waals surface area contributed by atoms with Crippen LogP contribution in [0, 0.1) is 0 Å². The maximum atomic E-state index is 12.9. The van der Waals surface area contributed by atoms with Crippen LogP contribution in [0.3, 0.4) is 0 Å². The summed E-state index contributed by atoms with van der Waals surface area (Å²) in [6.45, 7) is -0.335. The SMILES string of the molecule is COc1ccc(C(=O)NCC(O)c2ccccc2C(F)(F)F)cc1. The lowest BCUT2D eigenvalue weighted by molar-refractivity contribution is -0.139. The van der Waals surface area contributed by atoms with Crippen LogP contribution in [0.25, 0.3) is 0 Å². The average molecular weight is 339 g/mol. The molecule has 0 saturated heterocycles. The molecule has 2 N–H and O–H groups in total. The molecule has 7 heteroatoms. The van der Waals surface area contributed by atoms with E-state index in [0.29, 0.717) is 11.3 Å². The van der Waals surface area contributed by atoms with Gasteiger partial charge in [-0.1, -0.05) is 18.2 Å². The van der Waals surface area contributed by atoms with Crippen LogP contribution in [-0.2, 0) is 6.18 Å². The normalized spacial score (nSPS) is 12.5. The zero-order chi connectivity index (χ0) is 17.7. The fourth-order valence-electron chi connectivity index (χ4n) is 2.19. The van der Waals surface area contributed by atoms with Gasteiger partial charge in [-0.2, -0.15) is 13.2 Å². The summed E-state index contributed by atoms with van der Waals surface area (Å²) < 4.78 is 43.8. The molecule has 0 aliphatic heterocycles. The Morgan fingerprint density at radius 3 is 2.38 bits per heavy atom. The van der Waals surface area contributed by atoms with Gasteiger partial charge in [-0.25, -0.2) is 0 Å². The summed E-state index contributed by atoms with van der Waals surface area (Å²) in [5.41, 5.74) is -0.886. The summed E-state index contributed by atoms with van der Waals surface area (Å²) in [5, 5.41) is 12.4. The Balaban J connectivity index is 2.05. The van der Waals surface area contributed by atoms with Crippen LogP contribution < -0.4 is 10.1 Å². The van der Waals surface area contributed by atoms with Gasteiger partial charge in [-0.05, 0) is 35.9 Å². The van der Waals surface area contributed by atoms with E-state index in [-0.39, 0.29) is 12.1 Å². The van der Waals surface area contributed by atoms with E-state index < -0.39 is 23.8 Å². The number of rotatable bonds is 5. The minimum absolute atomic E-state index is 0.278. The molecule has 0 radical (unpaired) electrons. The molecule has 2 rings (SSSR count). The molecular weight excluding hydrogens is 323 g/mol. The summed E-state index contributed by atoms with van der Waals surface area (Å²) in [7, 11) is 1.49. The number of aliphatic hydroxyl groups excluding tert-OH is 1. The van der Waals surface area contributed by atoms with E-state index in [0.717, 1.165) is 6.07 Å². The Hall–Kier alpha value is -2.54. The minimum atomic E-state index is -4.57. The van der Waals surface area contributed by atoms with Crippen molar-refractivity contribution in [2.45, 2.75) is 12.3 Å². The minimum Gasteiger partial charge on any atom is -0.497 e. The number of halogens is 3. The number of nitrogens with one attached hydrogen (secondary N) is 1. The lowest BCUT2D eigenvalue weighted by atomic mass is 10.0. The number of alkyl halides is 3. The second-order valence-electron chi connectivity index (χ2n) is 5.04. The summed E-state index contributed by atoms with van der Waals surface area (Å²) in [6, 6.07) is 10.9. The Morgan fingerprint density at radius 1 is 1.17 bits per heavy atom. The zero-order valence-corrected chi connectivity index (χ0v) is 12.8. The maximum absolute atomic E-state index is 12.9. The maximum Gasteiger partial charge on any atom is 0.416 e. The summed E-state index contributed by atoms with van der Waals surface area (Å²) in [6.07, 6.45) is -6.04. The smallest absolute Gasteiger partial charge is 0.416 e. The third-order valence-corrected chi connectivity index (χ3v) is 3.43. The predicted octanol–water partition coefficient (Wildman–Crippen LogP) is 3.18.